The molecule has 2 rings (SSSR count). The van der Waals surface area contributed by atoms with Crippen molar-refractivity contribution < 1.29 is 14.3 Å². The number of nitrogens with one attached hydrogen (secondary N) is 1. The number of thiophene rings is 1. The lowest BCUT2D eigenvalue weighted by molar-refractivity contribution is -0.119. The molecule has 1 amide bonds. The number of amides is 1. The number of rotatable bonds is 4. The minimum atomic E-state index is -0.461. The molecule has 0 bridgehead atoms. The molecule has 0 aliphatic carbocycles. The van der Waals surface area contributed by atoms with Crippen LogP contribution in [0.5, 0.6) is 0 Å². The lowest BCUT2D eigenvalue weighted by Gasteiger charge is -2.08. The molecule has 0 fully saturated rings. The van der Waals surface area contributed by atoms with Gasteiger partial charge < -0.3 is 10.1 Å². The number of benzene rings is 1. The second kappa shape index (κ2) is 6.54. The molecule has 0 unspecified atom stereocenters. The predicted octanol–water partition coefficient (Wildman–Crippen LogP) is 3.47. The van der Waals surface area contributed by atoms with Crippen molar-refractivity contribution in [1.82, 2.24) is 0 Å². The van der Waals surface area contributed by atoms with Crippen LogP contribution in [0.25, 0.3) is 0 Å². The molecule has 2 aromatic rings. The Kier molecular flexibility index (Phi) is 4.75. The smallest absolute Gasteiger partial charge is 0.339 e. The highest BCUT2D eigenvalue weighted by Gasteiger charge is 2.15. The van der Waals surface area contributed by atoms with Crippen LogP contribution < -0.4 is 5.32 Å². The van der Waals surface area contributed by atoms with Crippen molar-refractivity contribution in [3.63, 3.8) is 0 Å². The van der Waals surface area contributed by atoms with Crippen LogP contribution in [0.2, 0.25) is 0 Å². The van der Waals surface area contributed by atoms with Gasteiger partial charge in [0, 0.05) is 15.4 Å². The van der Waals surface area contributed by atoms with Crippen molar-refractivity contribution in [1.29, 1.82) is 0 Å². The number of anilines is 1. The zero-order valence-corrected chi connectivity index (χ0v) is 13.0. The first-order valence-corrected chi connectivity index (χ1v) is 7.38. The minimum absolute atomic E-state index is 0.290. The summed E-state index contributed by atoms with van der Waals surface area (Å²) in [6.07, 6.45) is 0. The average Bonchev–Trinajstić information content (AvgIpc) is 2.78. The van der Waals surface area contributed by atoms with Gasteiger partial charge in [-0.05, 0) is 38.5 Å². The van der Waals surface area contributed by atoms with E-state index in [-0.39, 0.29) is 12.5 Å². The van der Waals surface area contributed by atoms with Gasteiger partial charge in [-0.15, -0.1) is 11.3 Å². The SMILES string of the molecule is Cc1cc(C(=O)OCC(=O)Nc2ccccc2C)c(C)s1. The fourth-order valence-corrected chi connectivity index (χ4v) is 2.85. The molecule has 0 spiro atoms. The van der Waals surface area contributed by atoms with Gasteiger partial charge in [-0.2, -0.15) is 0 Å². The second-order valence-corrected chi connectivity index (χ2v) is 6.23. The van der Waals surface area contributed by atoms with Crippen LogP contribution in [-0.2, 0) is 9.53 Å². The molecule has 5 heteroatoms. The third-order valence-electron chi connectivity index (χ3n) is 3.01. The lowest BCUT2D eigenvalue weighted by atomic mass is 10.2. The van der Waals surface area contributed by atoms with Gasteiger partial charge in [-0.25, -0.2) is 4.79 Å². The average molecular weight is 303 g/mol. The molecule has 21 heavy (non-hydrogen) atoms. The molecule has 0 saturated carbocycles. The lowest BCUT2D eigenvalue weighted by Crippen LogP contribution is -2.21. The fraction of sp³-hybridized carbons (Fsp3) is 0.250. The second-order valence-electron chi connectivity index (χ2n) is 4.77. The Hall–Kier alpha value is -2.14. The molecular formula is C16H17NO3S. The quantitative estimate of drug-likeness (QED) is 0.880. The van der Waals surface area contributed by atoms with Crippen LogP contribution >= 0.6 is 11.3 Å². The summed E-state index contributed by atoms with van der Waals surface area (Å²) in [5, 5.41) is 2.72. The Morgan fingerprint density at radius 2 is 1.90 bits per heavy atom. The first kappa shape index (κ1) is 15.3. The van der Waals surface area contributed by atoms with E-state index in [1.165, 1.54) is 11.3 Å². The number of carbonyl (C=O) groups is 2. The van der Waals surface area contributed by atoms with Gasteiger partial charge in [-0.1, -0.05) is 18.2 Å². The van der Waals surface area contributed by atoms with Gasteiger partial charge in [0.15, 0.2) is 6.61 Å². The van der Waals surface area contributed by atoms with Gasteiger partial charge in [0.05, 0.1) is 5.56 Å². The van der Waals surface area contributed by atoms with E-state index >= 15 is 0 Å². The summed E-state index contributed by atoms with van der Waals surface area (Å²) >= 11 is 1.53. The Balaban J connectivity index is 1.91. The van der Waals surface area contributed by atoms with E-state index in [4.69, 9.17) is 4.74 Å². The maximum atomic E-state index is 11.9. The summed E-state index contributed by atoms with van der Waals surface area (Å²) in [5.74, 6) is -0.806. The van der Waals surface area contributed by atoms with Gasteiger partial charge in [0.25, 0.3) is 5.91 Å². The van der Waals surface area contributed by atoms with E-state index in [1.54, 1.807) is 12.1 Å². The monoisotopic (exact) mass is 303 g/mol. The molecule has 0 aliphatic rings. The standard InChI is InChI=1S/C16H17NO3S/c1-10-6-4-5-7-14(10)17-15(18)9-20-16(19)13-8-11(2)21-12(13)3/h4-8H,9H2,1-3H3,(H,17,18). The molecule has 1 heterocycles. The van der Waals surface area contributed by atoms with Gasteiger partial charge >= 0.3 is 5.97 Å². The Bertz CT molecular complexity index is 676. The van der Waals surface area contributed by atoms with Crippen LogP contribution in [0, 0.1) is 20.8 Å². The highest BCUT2D eigenvalue weighted by atomic mass is 32.1. The van der Waals surface area contributed by atoms with Crippen molar-refractivity contribution >= 4 is 28.9 Å². The maximum absolute atomic E-state index is 11.9. The summed E-state index contributed by atoms with van der Waals surface area (Å²) in [4.78, 5) is 25.7. The normalized spacial score (nSPS) is 10.2. The molecular weight excluding hydrogens is 286 g/mol. The molecule has 0 radical (unpaired) electrons. The predicted molar refractivity (Wildman–Crippen MR) is 83.9 cm³/mol. The highest BCUT2D eigenvalue weighted by Crippen LogP contribution is 2.21. The number of hydrogen-bond donors (Lipinski definition) is 1. The maximum Gasteiger partial charge on any atom is 0.339 e. The zero-order chi connectivity index (χ0) is 15.4. The third kappa shape index (κ3) is 3.92. The fourth-order valence-electron chi connectivity index (χ4n) is 1.94. The van der Waals surface area contributed by atoms with E-state index in [1.807, 2.05) is 39.0 Å². The Labute approximate surface area is 127 Å². The third-order valence-corrected chi connectivity index (χ3v) is 3.98. The summed E-state index contributed by atoms with van der Waals surface area (Å²) < 4.78 is 5.05. The molecule has 0 aliphatic heterocycles. The highest BCUT2D eigenvalue weighted by molar-refractivity contribution is 7.12. The molecule has 1 aromatic heterocycles. The van der Waals surface area contributed by atoms with E-state index < -0.39 is 5.97 Å². The van der Waals surface area contributed by atoms with Crippen molar-refractivity contribution in [2.75, 3.05) is 11.9 Å². The van der Waals surface area contributed by atoms with E-state index in [2.05, 4.69) is 5.32 Å². The number of ether oxygens (including phenoxy) is 1. The first-order chi connectivity index (χ1) is 9.97. The Morgan fingerprint density at radius 3 is 2.52 bits per heavy atom. The van der Waals surface area contributed by atoms with Gasteiger partial charge in [0.2, 0.25) is 0 Å². The zero-order valence-electron chi connectivity index (χ0n) is 12.2. The van der Waals surface area contributed by atoms with Crippen molar-refractivity contribution in [2.24, 2.45) is 0 Å². The van der Waals surface area contributed by atoms with Crippen LogP contribution in [0.1, 0.15) is 25.7 Å². The molecule has 1 aromatic carbocycles. The summed E-state index contributed by atoms with van der Waals surface area (Å²) in [7, 11) is 0. The number of aryl methyl sites for hydroxylation is 3. The van der Waals surface area contributed by atoms with Gasteiger partial charge in [-0.3, -0.25) is 4.79 Å². The van der Waals surface area contributed by atoms with Crippen molar-refractivity contribution in [3.05, 3.63) is 51.2 Å². The van der Waals surface area contributed by atoms with E-state index in [0.717, 1.165) is 21.0 Å². The summed E-state index contributed by atoms with van der Waals surface area (Å²) in [5.41, 5.74) is 2.21. The molecule has 0 atom stereocenters. The number of esters is 1. The van der Waals surface area contributed by atoms with E-state index in [9.17, 15) is 9.59 Å². The number of para-hydroxylation sites is 1. The Morgan fingerprint density at radius 1 is 1.19 bits per heavy atom. The van der Waals surface area contributed by atoms with Crippen LogP contribution in [0.3, 0.4) is 0 Å². The van der Waals surface area contributed by atoms with Crippen molar-refractivity contribution in [2.45, 2.75) is 20.8 Å². The van der Waals surface area contributed by atoms with E-state index in [0.29, 0.717) is 5.56 Å². The summed E-state index contributed by atoms with van der Waals surface area (Å²) in [6, 6.07) is 9.22. The number of hydrogen-bond acceptors (Lipinski definition) is 4. The van der Waals surface area contributed by atoms with Crippen LogP contribution in [0.15, 0.2) is 30.3 Å². The van der Waals surface area contributed by atoms with Crippen molar-refractivity contribution in [3.8, 4) is 0 Å². The molecule has 4 nitrogen and oxygen atoms in total. The minimum Gasteiger partial charge on any atom is -0.452 e. The molecule has 0 saturated heterocycles. The van der Waals surface area contributed by atoms with Gasteiger partial charge in [0.1, 0.15) is 0 Å². The first-order valence-electron chi connectivity index (χ1n) is 6.57. The largest absolute Gasteiger partial charge is 0.452 e. The topological polar surface area (TPSA) is 55.4 Å². The molecule has 110 valence electrons. The van der Waals surface area contributed by atoms with Crippen LogP contribution in [0.4, 0.5) is 5.69 Å². The number of carbonyl (C=O) groups excluding carboxylic acids is 2. The summed E-state index contributed by atoms with van der Waals surface area (Å²) in [6.45, 7) is 5.40. The van der Waals surface area contributed by atoms with Crippen LogP contribution in [-0.4, -0.2) is 18.5 Å². The molecule has 1 N–H and O–H groups in total.